The van der Waals surface area contributed by atoms with E-state index >= 15 is 0 Å². The van der Waals surface area contributed by atoms with Gasteiger partial charge in [-0.2, -0.15) is 0 Å². The van der Waals surface area contributed by atoms with Gasteiger partial charge in [0.2, 0.25) is 0 Å². The van der Waals surface area contributed by atoms with Crippen molar-refractivity contribution in [3.63, 3.8) is 0 Å². The van der Waals surface area contributed by atoms with Gasteiger partial charge in [-0.25, -0.2) is 19.7 Å². The van der Waals surface area contributed by atoms with E-state index in [4.69, 9.17) is 4.74 Å². The molecule has 0 radical (unpaired) electrons. The number of esters is 1. The molecular formula is C16H16N4O2S. The van der Waals surface area contributed by atoms with Crippen LogP contribution in [0.4, 0.5) is 10.9 Å². The number of ether oxygens (including phenoxy) is 1. The fraction of sp³-hybridized carbons (Fsp3) is 0.250. The molecule has 0 saturated heterocycles. The molecule has 0 unspecified atom stereocenters. The van der Waals surface area contributed by atoms with Crippen LogP contribution in [0.1, 0.15) is 29.8 Å². The largest absolute Gasteiger partial charge is 0.462 e. The number of aryl methyl sites for hydroxylation is 1. The molecule has 0 atom stereocenters. The summed E-state index contributed by atoms with van der Waals surface area (Å²) < 4.78 is 6.12. The fourth-order valence-corrected chi connectivity index (χ4v) is 3.06. The van der Waals surface area contributed by atoms with E-state index in [9.17, 15) is 4.79 Å². The highest BCUT2D eigenvalue weighted by atomic mass is 32.1. The first-order valence-electron chi connectivity index (χ1n) is 7.35. The lowest BCUT2D eigenvalue weighted by atomic mass is 10.2. The average Bonchev–Trinajstić information content (AvgIpc) is 2.96. The van der Waals surface area contributed by atoms with Gasteiger partial charge >= 0.3 is 5.97 Å². The summed E-state index contributed by atoms with van der Waals surface area (Å²) in [6.07, 6.45) is 3.80. The molecule has 2 heterocycles. The Morgan fingerprint density at radius 2 is 2.22 bits per heavy atom. The molecule has 1 N–H and O–H groups in total. The molecule has 1 aromatic carbocycles. The molecule has 23 heavy (non-hydrogen) atoms. The number of rotatable bonds is 5. The highest BCUT2D eigenvalue weighted by Crippen LogP contribution is 2.29. The molecule has 6 nitrogen and oxygen atoms in total. The normalized spacial score (nSPS) is 10.7. The predicted molar refractivity (Wildman–Crippen MR) is 90.3 cm³/mol. The number of thiazole rings is 1. The Hall–Kier alpha value is -2.54. The summed E-state index contributed by atoms with van der Waals surface area (Å²) in [7, 11) is 0. The third-order valence-electron chi connectivity index (χ3n) is 3.29. The van der Waals surface area contributed by atoms with Gasteiger partial charge in [0.25, 0.3) is 0 Å². The fourth-order valence-electron chi connectivity index (χ4n) is 2.13. The second-order valence-corrected chi connectivity index (χ2v) is 5.84. The van der Waals surface area contributed by atoms with Crippen LogP contribution in [-0.2, 0) is 11.2 Å². The molecule has 118 valence electrons. The third kappa shape index (κ3) is 3.29. The van der Waals surface area contributed by atoms with Crippen molar-refractivity contribution in [2.75, 3.05) is 11.9 Å². The Morgan fingerprint density at radius 1 is 1.35 bits per heavy atom. The van der Waals surface area contributed by atoms with Gasteiger partial charge in [-0.3, -0.25) is 0 Å². The molecule has 0 bridgehead atoms. The van der Waals surface area contributed by atoms with Crippen molar-refractivity contribution in [1.29, 1.82) is 0 Å². The highest BCUT2D eigenvalue weighted by molar-refractivity contribution is 7.22. The first kappa shape index (κ1) is 15.4. The number of fused-ring (bicyclic) bond motifs is 1. The minimum atomic E-state index is -0.454. The number of carbonyl (C=O) groups excluding carboxylic acids is 1. The van der Waals surface area contributed by atoms with Crippen molar-refractivity contribution < 1.29 is 9.53 Å². The second-order valence-electron chi connectivity index (χ2n) is 4.81. The molecule has 2 aromatic heterocycles. The smallest absolute Gasteiger partial charge is 0.343 e. The van der Waals surface area contributed by atoms with Crippen molar-refractivity contribution in [3.8, 4) is 0 Å². The zero-order chi connectivity index (χ0) is 16.2. The quantitative estimate of drug-likeness (QED) is 0.722. The third-order valence-corrected chi connectivity index (χ3v) is 4.23. The van der Waals surface area contributed by atoms with Crippen LogP contribution < -0.4 is 5.32 Å². The summed E-state index contributed by atoms with van der Waals surface area (Å²) in [5, 5.41) is 3.77. The number of benzene rings is 1. The lowest BCUT2D eigenvalue weighted by molar-refractivity contribution is 0.0526. The number of nitrogens with one attached hydrogen (secondary N) is 1. The minimum Gasteiger partial charge on any atom is -0.462 e. The van der Waals surface area contributed by atoms with Crippen molar-refractivity contribution in [1.82, 2.24) is 15.0 Å². The number of anilines is 2. The lowest BCUT2D eigenvalue weighted by Crippen LogP contribution is -2.09. The van der Waals surface area contributed by atoms with Gasteiger partial charge in [0.1, 0.15) is 17.7 Å². The SMILES string of the molecule is CCOC(=O)c1cncnc1Nc1nc2ccc(CC)cc2s1. The maximum absolute atomic E-state index is 12.0. The summed E-state index contributed by atoms with van der Waals surface area (Å²) in [5.74, 6) is -0.0572. The number of hydrogen-bond acceptors (Lipinski definition) is 7. The van der Waals surface area contributed by atoms with E-state index in [-0.39, 0.29) is 0 Å². The van der Waals surface area contributed by atoms with Gasteiger partial charge in [-0.15, -0.1) is 0 Å². The Kier molecular flexibility index (Phi) is 4.47. The van der Waals surface area contributed by atoms with E-state index in [1.54, 1.807) is 6.92 Å². The van der Waals surface area contributed by atoms with Gasteiger partial charge in [0.05, 0.1) is 16.8 Å². The molecule has 0 aliphatic rings. The van der Waals surface area contributed by atoms with E-state index in [1.807, 2.05) is 6.07 Å². The van der Waals surface area contributed by atoms with Crippen LogP contribution in [0.25, 0.3) is 10.2 Å². The molecule has 0 aliphatic carbocycles. The van der Waals surface area contributed by atoms with Crippen molar-refractivity contribution in [3.05, 3.63) is 41.9 Å². The van der Waals surface area contributed by atoms with Gasteiger partial charge in [-0.1, -0.05) is 24.3 Å². The van der Waals surface area contributed by atoms with Crippen LogP contribution in [0.15, 0.2) is 30.7 Å². The van der Waals surface area contributed by atoms with E-state index in [0.29, 0.717) is 23.1 Å². The molecule has 0 fully saturated rings. The van der Waals surface area contributed by atoms with Crippen LogP contribution in [0.2, 0.25) is 0 Å². The first-order chi connectivity index (χ1) is 11.2. The average molecular weight is 328 g/mol. The van der Waals surface area contributed by atoms with Crippen molar-refractivity contribution in [2.45, 2.75) is 20.3 Å². The monoisotopic (exact) mass is 328 g/mol. The predicted octanol–water partition coefficient (Wildman–Crippen LogP) is 3.57. The standard InChI is InChI=1S/C16H16N4O2S/c1-3-10-5-6-12-13(7-10)23-16(19-12)20-14-11(8-17-9-18-14)15(21)22-4-2/h5-9H,3-4H2,1-2H3,(H,17,18,19,20). The van der Waals surface area contributed by atoms with Gasteiger partial charge in [0.15, 0.2) is 5.13 Å². The molecule has 7 heteroatoms. The molecule has 0 spiro atoms. The van der Waals surface area contributed by atoms with E-state index < -0.39 is 5.97 Å². The highest BCUT2D eigenvalue weighted by Gasteiger charge is 2.15. The van der Waals surface area contributed by atoms with Crippen LogP contribution >= 0.6 is 11.3 Å². The van der Waals surface area contributed by atoms with Gasteiger partial charge < -0.3 is 10.1 Å². The number of nitrogens with zero attached hydrogens (tertiary/aromatic N) is 3. The molecule has 3 rings (SSSR count). The molecule has 0 aliphatic heterocycles. The van der Waals surface area contributed by atoms with E-state index in [2.05, 4.69) is 39.3 Å². The summed E-state index contributed by atoms with van der Waals surface area (Å²) in [4.78, 5) is 24.5. The van der Waals surface area contributed by atoms with Gasteiger partial charge in [0, 0.05) is 6.20 Å². The Morgan fingerprint density at radius 3 is 3.00 bits per heavy atom. The maximum atomic E-state index is 12.0. The van der Waals surface area contributed by atoms with Crippen molar-refractivity contribution in [2.24, 2.45) is 0 Å². The van der Waals surface area contributed by atoms with E-state index in [1.165, 1.54) is 29.4 Å². The minimum absolute atomic E-state index is 0.294. The summed E-state index contributed by atoms with van der Waals surface area (Å²) in [5.41, 5.74) is 2.48. The van der Waals surface area contributed by atoms with E-state index in [0.717, 1.165) is 16.6 Å². The number of aromatic nitrogens is 3. The maximum Gasteiger partial charge on any atom is 0.343 e. The first-order valence-corrected chi connectivity index (χ1v) is 8.16. The molecule has 0 saturated carbocycles. The zero-order valence-corrected chi connectivity index (χ0v) is 13.7. The van der Waals surface area contributed by atoms with Crippen LogP contribution in [-0.4, -0.2) is 27.5 Å². The number of carbonyl (C=O) groups is 1. The Balaban J connectivity index is 1.91. The Bertz CT molecular complexity index is 847. The van der Waals surface area contributed by atoms with Crippen LogP contribution in [0, 0.1) is 0 Å². The molecule has 0 amide bonds. The topological polar surface area (TPSA) is 77.0 Å². The second kappa shape index (κ2) is 6.70. The lowest BCUT2D eigenvalue weighted by Gasteiger charge is -2.07. The molecular weight excluding hydrogens is 312 g/mol. The van der Waals surface area contributed by atoms with Crippen LogP contribution in [0.5, 0.6) is 0 Å². The zero-order valence-electron chi connectivity index (χ0n) is 12.9. The molecule has 3 aromatic rings. The summed E-state index contributed by atoms with van der Waals surface area (Å²) >= 11 is 1.52. The Labute approximate surface area is 137 Å². The summed E-state index contributed by atoms with van der Waals surface area (Å²) in [6.45, 7) is 4.18. The number of hydrogen-bond donors (Lipinski definition) is 1. The van der Waals surface area contributed by atoms with Gasteiger partial charge in [-0.05, 0) is 31.0 Å². The van der Waals surface area contributed by atoms with Crippen molar-refractivity contribution >= 4 is 38.5 Å². The van der Waals surface area contributed by atoms with Crippen LogP contribution in [0.3, 0.4) is 0 Å². The summed E-state index contributed by atoms with van der Waals surface area (Å²) in [6, 6.07) is 6.20.